The molecule has 0 aliphatic heterocycles. The zero-order valence-electron chi connectivity index (χ0n) is 38.0. The molecule has 0 saturated carbocycles. The van der Waals surface area contributed by atoms with E-state index in [1.165, 1.54) is 105 Å². The molecular weight excluding hydrogens is 807 g/mol. The summed E-state index contributed by atoms with van der Waals surface area (Å²) in [7, 11) is 0. The lowest BCUT2D eigenvalue weighted by Gasteiger charge is -2.37. The van der Waals surface area contributed by atoms with Gasteiger partial charge in [0.1, 0.15) is 0 Å². The maximum absolute atomic E-state index is 2.49. The van der Waals surface area contributed by atoms with Crippen LogP contribution in [0.25, 0.3) is 72.7 Å². The van der Waals surface area contributed by atoms with Crippen molar-refractivity contribution in [3.8, 4) is 27.9 Å². The molecule has 0 amide bonds. The van der Waals surface area contributed by atoms with Crippen LogP contribution in [0.2, 0.25) is 0 Å². The molecule has 1 aliphatic rings. The predicted octanol–water partition coefficient (Wildman–Crippen LogP) is 17.2. The third-order valence-corrected chi connectivity index (χ3v) is 15.1. The first kappa shape index (κ1) is 40.5. The molecule has 67 heavy (non-hydrogen) atoms. The van der Waals surface area contributed by atoms with E-state index in [4.69, 9.17) is 0 Å². The molecule has 0 fully saturated rings. The van der Waals surface area contributed by atoms with Gasteiger partial charge >= 0.3 is 0 Å². The van der Waals surface area contributed by atoms with Crippen molar-refractivity contribution in [1.82, 2.24) is 4.57 Å². The molecule has 0 spiro atoms. The van der Waals surface area contributed by atoms with E-state index < -0.39 is 5.41 Å². The monoisotopic (exact) mass is 857 g/mol. The molecule has 10 aromatic carbocycles. The second-order valence-electron chi connectivity index (χ2n) is 18.2. The SMILES string of the molecule is CCC1(CC)c2cc(/C=C/c3ccc(-c4ccc(C(c5ccccc5)(c5ccccc5)c5ccccc5)cc4)c4ccccc34)ccc2-c2ccc(-n3c4ccccc4c4ccccc43)cc21. The highest BCUT2D eigenvalue weighted by atomic mass is 15.0. The minimum atomic E-state index is -0.482. The van der Waals surface area contributed by atoms with Crippen molar-refractivity contribution in [3.05, 3.63) is 281 Å². The fraction of sp³-hybridized carbons (Fsp3) is 0.0909. The molecule has 1 heterocycles. The van der Waals surface area contributed by atoms with Crippen LogP contribution in [-0.4, -0.2) is 4.57 Å². The standard InChI is InChI=1S/C66H51N/c1-3-65(4-2)61-44-46(33-41-57(61)58-43-40-53(45-62(58)65)67-63-30-18-16-28-59(63)60-29-17-19-31-64(60)67)32-34-47-37-42-55(56-27-15-14-26-54(47)56)48-35-38-52(39-36-48)66(49-20-8-5-9-21-49,50-22-10-6-11-23-50)51-24-12-7-13-25-51/h5-45H,3-4H2,1-2H3/b34-32+. The van der Waals surface area contributed by atoms with Crippen LogP contribution in [0.1, 0.15) is 71.2 Å². The van der Waals surface area contributed by atoms with Crippen molar-refractivity contribution in [1.29, 1.82) is 0 Å². The Bertz CT molecular complexity index is 3480. The Morgan fingerprint density at radius 3 is 1.42 bits per heavy atom. The normalized spacial score (nSPS) is 13.1. The summed E-state index contributed by atoms with van der Waals surface area (Å²) in [4.78, 5) is 0. The van der Waals surface area contributed by atoms with E-state index in [1.807, 2.05) is 0 Å². The van der Waals surface area contributed by atoms with Crippen LogP contribution in [0, 0.1) is 0 Å². The number of aromatic nitrogens is 1. The van der Waals surface area contributed by atoms with Crippen molar-refractivity contribution >= 4 is 44.7 Å². The topological polar surface area (TPSA) is 4.93 Å². The van der Waals surface area contributed by atoms with Crippen molar-refractivity contribution in [2.75, 3.05) is 0 Å². The van der Waals surface area contributed by atoms with Crippen LogP contribution in [0.4, 0.5) is 0 Å². The molecule has 1 heteroatoms. The summed E-state index contributed by atoms with van der Waals surface area (Å²) in [6, 6.07) is 87.6. The Balaban J connectivity index is 0.896. The lowest BCUT2D eigenvalue weighted by atomic mass is 9.65. The minimum absolute atomic E-state index is 0.0733. The van der Waals surface area contributed by atoms with Crippen LogP contribution in [0.3, 0.4) is 0 Å². The van der Waals surface area contributed by atoms with E-state index in [1.54, 1.807) is 0 Å². The number of fused-ring (bicyclic) bond motifs is 7. The zero-order chi connectivity index (χ0) is 45.0. The van der Waals surface area contributed by atoms with Gasteiger partial charge in [0.05, 0.1) is 16.4 Å². The molecule has 12 rings (SSSR count). The minimum Gasteiger partial charge on any atom is -0.309 e. The molecular formula is C66H51N. The van der Waals surface area contributed by atoms with Crippen LogP contribution in [0.5, 0.6) is 0 Å². The van der Waals surface area contributed by atoms with Crippen LogP contribution in [-0.2, 0) is 10.8 Å². The highest BCUT2D eigenvalue weighted by molar-refractivity contribution is 6.09. The molecule has 0 N–H and O–H groups in total. The fourth-order valence-corrected chi connectivity index (χ4v) is 11.8. The van der Waals surface area contributed by atoms with Gasteiger partial charge in [-0.05, 0) is 115 Å². The third-order valence-electron chi connectivity index (χ3n) is 15.1. The van der Waals surface area contributed by atoms with Gasteiger partial charge in [-0.3, -0.25) is 0 Å². The number of benzene rings is 10. The molecule has 0 saturated heterocycles. The van der Waals surface area contributed by atoms with E-state index >= 15 is 0 Å². The molecule has 320 valence electrons. The summed E-state index contributed by atoms with van der Waals surface area (Å²) < 4.78 is 2.46. The van der Waals surface area contributed by atoms with Crippen LogP contribution < -0.4 is 0 Å². The summed E-state index contributed by atoms with van der Waals surface area (Å²) >= 11 is 0. The highest BCUT2D eigenvalue weighted by Crippen LogP contribution is 2.54. The second kappa shape index (κ2) is 16.5. The van der Waals surface area contributed by atoms with E-state index in [2.05, 4.69) is 267 Å². The Hall–Kier alpha value is -8.00. The number of nitrogens with zero attached hydrogens (tertiary/aromatic N) is 1. The average molecular weight is 858 g/mol. The maximum atomic E-state index is 2.49. The number of rotatable bonds is 10. The lowest BCUT2D eigenvalue weighted by molar-refractivity contribution is 0.490. The van der Waals surface area contributed by atoms with Crippen molar-refractivity contribution in [3.63, 3.8) is 0 Å². The van der Waals surface area contributed by atoms with E-state index in [9.17, 15) is 0 Å². The van der Waals surface area contributed by atoms with Crippen molar-refractivity contribution in [2.24, 2.45) is 0 Å². The first-order valence-corrected chi connectivity index (χ1v) is 23.9. The van der Waals surface area contributed by atoms with Crippen molar-refractivity contribution in [2.45, 2.75) is 37.5 Å². The lowest BCUT2D eigenvalue weighted by Crippen LogP contribution is -2.30. The van der Waals surface area contributed by atoms with Gasteiger partial charge in [-0.25, -0.2) is 0 Å². The largest absolute Gasteiger partial charge is 0.309 e. The molecule has 0 radical (unpaired) electrons. The summed E-state index contributed by atoms with van der Waals surface area (Å²) in [6.07, 6.45) is 6.70. The predicted molar refractivity (Wildman–Crippen MR) is 284 cm³/mol. The Morgan fingerprint density at radius 2 is 0.851 bits per heavy atom. The van der Waals surface area contributed by atoms with Gasteiger partial charge in [0.15, 0.2) is 0 Å². The van der Waals surface area contributed by atoms with Crippen molar-refractivity contribution < 1.29 is 0 Å². The summed E-state index contributed by atoms with van der Waals surface area (Å²) in [5, 5.41) is 5.08. The molecule has 11 aromatic rings. The summed E-state index contributed by atoms with van der Waals surface area (Å²) in [5.74, 6) is 0. The molecule has 1 aromatic heterocycles. The molecule has 1 aliphatic carbocycles. The molecule has 1 nitrogen and oxygen atoms in total. The fourth-order valence-electron chi connectivity index (χ4n) is 11.8. The first-order valence-electron chi connectivity index (χ1n) is 23.9. The van der Waals surface area contributed by atoms with E-state index in [0.29, 0.717) is 0 Å². The molecule has 0 unspecified atom stereocenters. The first-order chi connectivity index (χ1) is 33.1. The average Bonchev–Trinajstić information content (AvgIpc) is 3.88. The summed E-state index contributed by atoms with van der Waals surface area (Å²) in [5.41, 5.74) is 18.6. The molecule has 0 atom stereocenters. The zero-order valence-corrected chi connectivity index (χ0v) is 38.0. The van der Waals surface area contributed by atoms with Crippen LogP contribution >= 0.6 is 0 Å². The van der Waals surface area contributed by atoms with Gasteiger partial charge in [-0.2, -0.15) is 0 Å². The Morgan fingerprint density at radius 1 is 0.388 bits per heavy atom. The van der Waals surface area contributed by atoms with E-state index in [-0.39, 0.29) is 5.41 Å². The van der Waals surface area contributed by atoms with Gasteiger partial charge in [0.25, 0.3) is 0 Å². The van der Waals surface area contributed by atoms with Crippen LogP contribution in [0.15, 0.2) is 237 Å². The third kappa shape index (κ3) is 6.37. The number of para-hydroxylation sites is 2. The number of hydrogen-bond acceptors (Lipinski definition) is 0. The van der Waals surface area contributed by atoms with Gasteiger partial charge in [-0.1, -0.05) is 238 Å². The highest BCUT2D eigenvalue weighted by Gasteiger charge is 2.41. The van der Waals surface area contributed by atoms with E-state index in [0.717, 1.165) is 12.8 Å². The Labute approximate surface area is 394 Å². The van der Waals surface area contributed by atoms with Gasteiger partial charge in [0, 0.05) is 21.9 Å². The number of hydrogen-bond donors (Lipinski definition) is 0. The smallest absolute Gasteiger partial charge is 0.0701 e. The Kier molecular flexibility index (Phi) is 9.95. The summed E-state index contributed by atoms with van der Waals surface area (Å²) in [6.45, 7) is 4.73. The maximum Gasteiger partial charge on any atom is 0.0701 e. The van der Waals surface area contributed by atoms with Gasteiger partial charge < -0.3 is 4.57 Å². The molecule has 0 bridgehead atoms. The van der Waals surface area contributed by atoms with Gasteiger partial charge in [0.2, 0.25) is 0 Å². The van der Waals surface area contributed by atoms with Gasteiger partial charge in [-0.15, -0.1) is 0 Å². The quantitative estimate of drug-likeness (QED) is 0.0954. The second-order valence-corrected chi connectivity index (χ2v) is 18.2.